The third-order valence-corrected chi connectivity index (χ3v) is 6.98. The Morgan fingerprint density at radius 1 is 0.395 bits per heavy atom. The molecule has 0 aromatic carbocycles. The highest BCUT2D eigenvalue weighted by Crippen LogP contribution is 2.12. The molecule has 1 rings (SSSR count). The van der Waals surface area contributed by atoms with Crippen LogP contribution in [-0.2, 0) is 42.7 Å². The molecule has 0 fully saturated rings. The van der Waals surface area contributed by atoms with Gasteiger partial charge in [0.15, 0.2) is 0 Å². The molecule has 0 saturated heterocycles. The second kappa shape index (κ2) is 32.0. The molecule has 2 amide bonds. The Bertz CT molecular complexity index is 644. The Morgan fingerprint density at radius 3 is 1.02 bits per heavy atom. The Balaban J connectivity index is 1.62. The number of ether oxygens (including phenoxy) is 7. The van der Waals surface area contributed by atoms with Crippen LogP contribution in [0.5, 0.6) is 0 Å². The lowest BCUT2D eigenvalue weighted by Crippen LogP contribution is -2.33. The van der Waals surface area contributed by atoms with E-state index < -0.39 is 0 Å². The Labute approximate surface area is 261 Å². The molecule has 0 aromatic rings. The molecule has 1 heterocycles. The lowest BCUT2D eigenvalue weighted by Gasteiger charge is -2.13. The zero-order valence-corrected chi connectivity index (χ0v) is 27.1. The average Bonchev–Trinajstić information content (AvgIpc) is 3.33. The molecule has 0 unspecified atom stereocenters. The van der Waals surface area contributed by atoms with Gasteiger partial charge in [0.2, 0.25) is 0 Å². The smallest absolute Gasteiger partial charge is 0.253 e. The highest BCUT2D eigenvalue weighted by molar-refractivity contribution is 6.12. The van der Waals surface area contributed by atoms with Gasteiger partial charge in [-0.05, 0) is 6.42 Å². The standard InChI is InChI=1S/C33H61NO9/c1-2-3-4-5-6-7-8-9-10-11-12-13-14-18-37-20-22-39-24-26-41-28-30-43-31-29-42-27-25-40-23-21-38-19-17-34-32(35)15-16-33(34)36/h15-16H,2-14,17-31H2,1H3. The first-order valence-corrected chi connectivity index (χ1v) is 16.8. The van der Waals surface area contributed by atoms with Gasteiger partial charge in [-0.15, -0.1) is 0 Å². The Kier molecular flexibility index (Phi) is 29.5. The number of unbranched alkanes of at least 4 members (excludes halogenated alkanes) is 12. The summed E-state index contributed by atoms with van der Waals surface area (Å²) in [6, 6.07) is 0. The van der Waals surface area contributed by atoms with Crippen molar-refractivity contribution in [1.82, 2.24) is 4.90 Å². The van der Waals surface area contributed by atoms with Crippen molar-refractivity contribution in [2.24, 2.45) is 0 Å². The number of rotatable bonds is 35. The number of nitrogens with zero attached hydrogens (tertiary/aromatic N) is 1. The van der Waals surface area contributed by atoms with Crippen molar-refractivity contribution >= 4 is 11.8 Å². The number of amides is 2. The minimum atomic E-state index is -0.296. The van der Waals surface area contributed by atoms with Gasteiger partial charge in [0, 0.05) is 18.8 Å². The predicted molar refractivity (Wildman–Crippen MR) is 167 cm³/mol. The third kappa shape index (κ3) is 26.7. The molecule has 0 spiro atoms. The minimum Gasteiger partial charge on any atom is -0.379 e. The van der Waals surface area contributed by atoms with E-state index in [4.69, 9.17) is 33.2 Å². The maximum atomic E-state index is 11.4. The molecule has 0 bridgehead atoms. The van der Waals surface area contributed by atoms with E-state index in [1.54, 1.807) is 0 Å². The number of hydrogen-bond donors (Lipinski definition) is 0. The van der Waals surface area contributed by atoms with Crippen molar-refractivity contribution in [1.29, 1.82) is 0 Å². The van der Waals surface area contributed by atoms with Crippen molar-refractivity contribution in [2.75, 3.05) is 99.0 Å². The van der Waals surface area contributed by atoms with Gasteiger partial charge >= 0.3 is 0 Å². The fourth-order valence-electron chi connectivity index (χ4n) is 4.45. The zero-order chi connectivity index (χ0) is 30.9. The molecule has 0 aliphatic carbocycles. The molecule has 0 radical (unpaired) electrons. The van der Waals surface area contributed by atoms with Crippen molar-refractivity contribution < 1.29 is 42.7 Å². The summed E-state index contributed by atoms with van der Waals surface area (Å²) in [7, 11) is 0. The van der Waals surface area contributed by atoms with Crippen LogP contribution in [0.3, 0.4) is 0 Å². The highest BCUT2D eigenvalue weighted by atomic mass is 16.6. The van der Waals surface area contributed by atoms with E-state index in [0.29, 0.717) is 85.9 Å². The van der Waals surface area contributed by atoms with Gasteiger partial charge < -0.3 is 33.2 Å². The van der Waals surface area contributed by atoms with Crippen molar-refractivity contribution in [2.45, 2.75) is 90.4 Å². The maximum absolute atomic E-state index is 11.4. The summed E-state index contributed by atoms with van der Waals surface area (Å²) in [4.78, 5) is 23.9. The quantitative estimate of drug-likeness (QED) is 0.0710. The molecular formula is C33H61NO9. The van der Waals surface area contributed by atoms with E-state index in [2.05, 4.69) is 6.92 Å². The molecule has 10 heteroatoms. The highest BCUT2D eigenvalue weighted by Gasteiger charge is 2.22. The molecule has 1 aliphatic rings. The molecule has 43 heavy (non-hydrogen) atoms. The SMILES string of the molecule is CCCCCCCCCCCCCCCOCCOCCOCCOCCOCCOCCOCCN1C(=O)C=CC1=O. The lowest BCUT2D eigenvalue weighted by atomic mass is 10.0. The minimum absolute atomic E-state index is 0.252. The van der Waals surface area contributed by atoms with E-state index in [0.717, 1.165) is 17.9 Å². The number of carbonyl (C=O) groups excluding carboxylic acids is 2. The third-order valence-electron chi connectivity index (χ3n) is 6.98. The Morgan fingerprint density at radius 2 is 0.674 bits per heavy atom. The van der Waals surface area contributed by atoms with Crippen molar-refractivity contribution in [3.63, 3.8) is 0 Å². The average molecular weight is 616 g/mol. The molecule has 1 aliphatic heterocycles. The molecule has 252 valence electrons. The summed E-state index contributed by atoms with van der Waals surface area (Å²) in [5.74, 6) is -0.592. The van der Waals surface area contributed by atoms with Crippen LogP contribution in [0.2, 0.25) is 0 Å². The van der Waals surface area contributed by atoms with Crippen LogP contribution in [0.1, 0.15) is 90.4 Å². The molecular weight excluding hydrogens is 554 g/mol. The molecule has 10 nitrogen and oxygen atoms in total. The van der Waals surface area contributed by atoms with Crippen LogP contribution < -0.4 is 0 Å². The number of imide groups is 1. The second-order valence-electron chi connectivity index (χ2n) is 10.7. The van der Waals surface area contributed by atoms with Gasteiger partial charge in [0.1, 0.15) is 0 Å². The van der Waals surface area contributed by atoms with Crippen molar-refractivity contribution in [3.05, 3.63) is 12.2 Å². The van der Waals surface area contributed by atoms with Gasteiger partial charge in [-0.1, -0.05) is 84.0 Å². The summed E-state index contributed by atoms with van der Waals surface area (Å²) >= 11 is 0. The van der Waals surface area contributed by atoms with Crippen LogP contribution in [0.4, 0.5) is 0 Å². The first-order chi connectivity index (χ1) is 21.3. The van der Waals surface area contributed by atoms with Gasteiger partial charge in [0.25, 0.3) is 11.8 Å². The predicted octanol–water partition coefficient (Wildman–Crippen LogP) is 5.12. The van der Waals surface area contributed by atoms with E-state index in [1.165, 1.54) is 89.2 Å². The number of hydrogen-bond acceptors (Lipinski definition) is 9. The van der Waals surface area contributed by atoms with Crippen molar-refractivity contribution in [3.8, 4) is 0 Å². The summed E-state index contributed by atoms with van der Waals surface area (Å²) in [6.07, 6.45) is 20.3. The van der Waals surface area contributed by atoms with E-state index in [9.17, 15) is 9.59 Å². The summed E-state index contributed by atoms with van der Waals surface area (Å²) in [5.41, 5.74) is 0. The zero-order valence-electron chi connectivity index (χ0n) is 27.1. The maximum Gasteiger partial charge on any atom is 0.253 e. The molecule has 0 N–H and O–H groups in total. The van der Waals surface area contributed by atoms with Crippen LogP contribution in [0.25, 0.3) is 0 Å². The van der Waals surface area contributed by atoms with Crippen LogP contribution in [0.15, 0.2) is 12.2 Å². The first-order valence-electron chi connectivity index (χ1n) is 16.8. The van der Waals surface area contributed by atoms with Crippen LogP contribution in [0, 0.1) is 0 Å². The summed E-state index contributed by atoms with van der Waals surface area (Å²) < 4.78 is 38.4. The topological polar surface area (TPSA) is 102 Å². The first kappa shape index (κ1) is 39.6. The van der Waals surface area contributed by atoms with Gasteiger partial charge in [-0.2, -0.15) is 0 Å². The summed E-state index contributed by atoms with van der Waals surface area (Å²) in [6.45, 7) is 9.80. The normalized spacial score (nSPS) is 13.2. The fourth-order valence-corrected chi connectivity index (χ4v) is 4.45. The van der Waals surface area contributed by atoms with Crippen LogP contribution >= 0.6 is 0 Å². The van der Waals surface area contributed by atoms with Gasteiger partial charge in [-0.25, -0.2) is 0 Å². The molecule has 0 aromatic heterocycles. The largest absolute Gasteiger partial charge is 0.379 e. The van der Waals surface area contributed by atoms with Gasteiger partial charge in [0.05, 0.1) is 92.4 Å². The van der Waals surface area contributed by atoms with Gasteiger partial charge in [-0.3, -0.25) is 14.5 Å². The number of carbonyl (C=O) groups is 2. The summed E-state index contributed by atoms with van der Waals surface area (Å²) in [5, 5.41) is 0. The van der Waals surface area contributed by atoms with E-state index >= 15 is 0 Å². The monoisotopic (exact) mass is 615 g/mol. The Hall–Kier alpha value is -1.40. The lowest BCUT2D eigenvalue weighted by molar-refractivity contribution is -0.137. The van der Waals surface area contributed by atoms with E-state index in [-0.39, 0.29) is 18.4 Å². The fraction of sp³-hybridized carbons (Fsp3) is 0.879. The molecule has 0 saturated carbocycles. The molecule has 0 atom stereocenters. The second-order valence-corrected chi connectivity index (χ2v) is 10.7. The van der Waals surface area contributed by atoms with Crippen LogP contribution in [-0.4, -0.2) is 116 Å². The van der Waals surface area contributed by atoms with E-state index in [1.807, 2.05) is 0 Å².